The highest BCUT2D eigenvalue weighted by atomic mass is 32.1. The maximum absolute atomic E-state index is 12.1. The van der Waals surface area contributed by atoms with E-state index in [2.05, 4.69) is 15.3 Å². The second-order valence-electron chi connectivity index (χ2n) is 4.33. The molecule has 100 valence electrons. The van der Waals surface area contributed by atoms with E-state index >= 15 is 0 Å². The van der Waals surface area contributed by atoms with Gasteiger partial charge >= 0.3 is 6.18 Å². The molecule has 1 atom stereocenters. The van der Waals surface area contributed by atoms with Crippen LogP contribution in [-0.4, -0.2) is 28.7 Å². The Morgan fingerprint density at radius 1 is 1.50 bits per heavy atom. The molecule has 2 rings (SSSR count). The van der Waals surface area contributed by atoms with E-state index < -0.39 is 12.7 Å². The minimum atomic E-state index is -4.16. The van der Waals surface area contributed by atoms with E-state index in [0.29, 0.717) is 6.42 Å². The first-order valence-corrected chi connectivity index (χ1v) is 6.40. The first kappa shape index (κ1) is 13.4. The van der Waals surface area contributed by atoms with Crippen molar-refractivity contribution in [3.05, 3.63) is 16.8 Å². The SMILES string of the molecule is Cc1nc2[nH]cc(CC(C)NCC(F)(F)F)c2s1. The third-order valence-electron chi connectivity index (χ3n) is 2.59. The fourth-order valence-corrected chi connectivity index (χ4v) is 2.71. The van der Waals surface area contributed by atoms with Crippen molar-refractivity contribution in [2.45, 2.75) is 32.5 Å². The standard InChI is InChI=1S/C11H14F3N3S/c1-6(16-5-11(12,13)14)3-8-4-15-10-9(8)18-7(2)17-10/h4,6,15-16H,3,5H2,1-2H3. The lowest BCUT2D eigenvalue weighted by molar-refractivity contribution is -0.126. The van der Waals surface area contributed by atoms with Gasteiger partial charge in [-0.05, 0) is 25.8 Å². The minimum Gasteiger partial charge on any atom is -0.345 e. The average molecular weight is 277 g/mol. The van der Waals surface area contributed by atoms with Crippen molar-refractivity contribution < 1.29 is 13.2 Å². The molecule has 2 aromatic rings. The summed E-state index contributed by atoms with van der Waals surface area (Å²) in [5.41, 5.74) is 1.83. The lowest BCUT2D eigenvalue weighted by Crippen LogP contribution is -2.36. The number of rotatable bonds is 4. The quantitative estimate of drug-likeness (QED) is 0.902. The summed E-state index contributed by atoms with van der Waals surface area (Å²) in [7, 11) is 0. The van der Waals surface area contributed by atoms with Crippen LogP contribution >= 0.6 is 11.3 Å². The molecule has 0 fully saturated rings. The summed E-state index contributed by atoms with van der Waals surface area (Å²) >= 11 is 1.56. The molecule has 0 radical (unpaired) electrons. The highest BCUT2D eigenvalue weighted by molar-refractivity contribution is 7.18. The lowest BCUT2D eigenvalue weighted by atomic mass is 10.1. The van der Waals surface area contributed by atoms with Gasteiger partial charge in [0.05, 0.1) is 16.3 Å². The maximum Gasteiger partial charge on any atom is 0.401 e. The van der Waals surface area contributed by atoms with Gasteiger partial charge in [0, 0.05) is 12.2 Å². The van der Waals surface area contributed by atoms with E-state index in [9.17, 15) is 13.2 Å². The molecular formula is C11H14F3N3S. The van der Waals surface area contributed by atoms with E-state index in [0.717, 1.165) is 20.9 Å². The van der Waals surface area contributed by atoms with Crippen LogP contribution in [0.4, 0.5) is 13.2 Å². The third-order valence-corrected chi connectivity index (χ3v) is 3.63. The minimum absolute atomic E-state index is 0.229. The smallest absolute Gasteiger partial charge is 0.345 e. The number of fused-ring (bicyclic) bond motifs is 1. The predicted molar refractivity (Wildman–Crippen MR) is 65.9 cm³/mol. The second-order valence-corrected chi connectivity index (χ2v) is 5.53. The summed E-state index contributed by atoms with van der Waals surface area (Å²) in [4.78, 5) is 7.32. The van der Waals surface area contributed by atoms with Crippen molar-refractivity contribution in [1.29, 1.82) is 0 Å². The van der Waals surface area contributed by atoms with Crippen molar-refractivity contribution in [3.63, 3.8) is 0 Å². The summed E-state index contributed by atoms with van der Waals surface area (Å²) in [6.45, 7) is 2.70. The van der Waals surface area contributed by atoms with E-state index in [-0.39, 0.29) is 6.04 Å². The Bertz CT molecular complexity index is 529. The number of nitrogens with zero attached hydrogens (tertiary/aromatic N) is 1. The summed E-state index contributed by atoms with van der Waals surface area (Å²) in [5, 5.41) is 3.43. The molecule has 0 spiro atoms. The zero-order valence-corrected chi connectivity index (χ0v) is 10.9. The molecule has 3 nitrogen and oxygen atoms in total. The molecule has 2 N–H and O–H groups in total. The molecule has 1 unspecified atom stereocenters. The number of alkyl halides is 3. The van der Waals surface area contributed by atoms with Gasteiger partial charge in [0.2, 0.25) is 0 Å². The van der Waals surface area contributed by atoms with Crippen LogP contribution in [0.1, 0.15) is 17.5 Å². The predicted octanol–water partition coefficient (Wildman–Crippen LogP) is 3.02. The third kappa shape index (κ3) is 3.23. The Labute approximate surface area is 106 Å². The van der Waals surface area contributed by atoms with Crippen LogP contribution in [0.5, 0.6) is 0 Å². The van der Waals surface area contributed by atoms with Gasteiger partial charge in [0.15, 0.2) is 0 Å². The fraction of sp³-hybridized carbons (Fsp3) is 0.545. The normalized spacial score (nSPS) is 14.3. The number of aromatic nitrogens is 2. The van der Waals surface area contributed by atoms with Crippen LogP contribution < -0.4 is 5.32 Å². The van der Waals surface area contributed by atoms with Crippen LogP contribution in [-0.2, 0) is 6.42 Å². The van der Waals surface area contributed by atoms with Crippen molar-refractivity contribution >= 4 is 21.7 Å². The molecule has 0 saturated carbocycles. The first-order valence-electron chi connectivity index (χ1n) is 5.58. The highest BCUT2D eigenvalue weighted by Crippen LogP contribution is 2.25. The zero-order valence-electron chi connectivity index (χ0n) is 10.1. The number of halogens is 3. The number of thiazole rings is 1. The van der Waals surface area contributed by atoms with E-state index in [1.807, 2.05) is 13.1 Å². The molecule has 0 aliphatic rings. The molecule has 2 heterocycles. The van der Waals surface area contributed by atoms with Crippen molar-refractivity contribution in [2.75, 3.05) is 6.54 Å². The molecule has 0 saturated heterocycles. The van der Waals surface area contributed by atoms with Gasteiger partial charge in [-0.15, -0.1) is 11.3 Å². The van der Waals surface area contributed by atoms with Crippen LogP contribution in [0.3, 0.4) is 0 Å². The van der Waals surface area contributed by atoms with Crippen LogP contribution in [0.25, 0.3) is 10.3 Å². The van der Waals surface area contributed by atoms with Gasteiger partial charge in [-0.3, -0.25) is 0 Å². The Balaban J connectivity index is 2.00. The molecule has 0 amide bonds. The number of aromatic amines is 1. The molecule has 0 aliphatic carbocycles. The van der Waals surface area contributed by atoms with E-state index in [4.69, 9.17) is 0 Å². The summed E-state index contributed by atoms with van der Waals surface area (Å²) in [5.74, 6) is 0. The highest BCUT2D eigenvalue weighted by Gasteiger charge is 2.27. The van der Waals surface area contributed by atoms with Gasteiger partial charge in [-0.25, -0.2) is 4.98 Å². The maximum atomic E-state index is 12.1. The summed E-state index contributed by atoms with van der Waals surface area (Å²) in [6, 6.07) is -0.229. The Hall–Kier alpha value is -1.08. The van der Waals surface area contributed by atoms with Crippen LogP contribution in [0, 0.1) is 6.92 Å². The fourth-order valence-electron chi connectivity index (χ4n) is 1.81. The Kier molecular flexibility index (Phi) is 3.63. The number of H-pyrrole nitrogens is 1. The Morgan fingerprint density at radius 3 is 2.89 bits per heavy atom. The number of aryl methyl sites for hydroxylation is 1. The van der Waals surface area contributed by atoms with Crippen LogP contribution in [0.2, 0.25) is 0 Å². The van der Waals surface area contributed by atoms with E-state index in [1.165, 1.54) is 0 Å². The molecule has 18 heavy (non-hydrogen) atoms. The van der Waals surface area contributed by atoms with Gasteiger partial charge in [-0.1, -0.05) is 0 Å². The molecule has 7 heteroatoms. The second kappa shape index (κ2) is 4.89. The molecule has 2 aromatic heterocycles. The van der Waals surface area contributed by atoms with Gasteiger partial charge in [-0.2, -0.15) is 13.2 Å². The molecule has 0 aromatic carbocycles. The summed E-state index contributed by atoms with van der Waals surface area (Å²) in [6.07, 6.45) is -1.79. The van der Waals surface area contributed by atoms with Crippen molar-refractivity contribution in [1.82, 2.24) is 15.3 Å². The topological polar surface area (TPSA) is 40.7 Å². The zero-order chi connectivity index (χ0) is 13.3. The lowest BCUT2D eigenvalue weighted by Gasteiger charge is -2.14. The number of nitrogens with one attached hydrogen (secondary N) is 2. The largest absolute Gasteiger partial charge is 0.401 e. The Morgan fingerprint density at radius 2 is 2.22 bits per heavy atom. The van der Waals surface area contributed by atoms with Crippen LogP contribution in [0.15, 0.2) is 6.20 Å². The monoisotopic (exact) mass is 277 g/mol. The number of hydrogen-bond acceptors (Lipinski definition) is 3. The molecule has 0 aliphatic heterocycles. The molecular weight excluding hydrogens is 263 g/mol. The van der Waals surface area contributed by atoms with Gasteiger partial charge in [0.25, 0.3) is 0 Å². The van der Waals surface area contributed by atoms with Gasteiger partial charge < -0.3 is 10.3 Å². The van der Waals surface area contributed by atoms with Crippen molar-refractivity contribution in [2.24, 2.45) is 0 Å². The summed E-state index contributed by atoms with van der Waals surface area (Å²) < 4.78 is 37.3. The first-order chi connectivity index (χ1) is 8.35. The molecule has 0 bridgehead atoms. The number of hydrogen-bond donors (Lipinski definition) is 2. The van der Waals surface area contributed by atoms with Crippen molar-refractivity contribution in [3.8, 4) is 0 Å². The average Bonchev–Trinajstić information content (AvgIpc) is 2.76. The van der Waals surface area contributed by atoms with E-state index in [1.54, 1.807) is 18.3 Å². The van der Waals surface area contributed by atoms with Gasteiger partial charge in [0.1, 0.15) is 5.65 Å².